The van der Waals surface area contributed by atoms with Crippen molar-refractivity contribution in [2.75, 3.05) is 57.4 Å². The number of aromatic nitrogens is 2. The maximum absolute atomic E-state index is 16.3. The lowest BCUT2D eigenvalue weighted by Crippen LogP contribution is -2.51. The van der Waals surface area contributed by atoms with Gasteiger partial charge in [0.25, 0.3) is 0 Å². The maximum Gasteiger partial charge on any atom is 0.318 e. The van der Waals surface area contributed by atoms with Crippen LogP contribution in [0.3, 0.4) is 0 Å². The molecular formula is C39H41F2N5O3. The number of halogens is 2. The summed E-state index contributed by atoms with van der Waals surface area (Å²) >= 11 is 0. The van der Waals surface area contributed by atoms with Crippen LogP contribution in [0.1, 0.15) is 45.1 Å². The first-order valence-electron chi connectivity index (χ1n) is 17.4. The topological polar surface area (TPSA) is 83.0 Å². The summed E-state index contributed by atoms with van der Waals surface area (Å²) in [4.78, 5) is 14.6. The van der Waals surface area contributed by atoms with Gasteiger partial charge in [-0.2, -0.15) is 9.97 Å². The third kappa shape index (κ3) is 5.12. The minimum Gasteiger partial charge on any atom is -0.508 e. The monoisotopic (exact) mass is 665 g/mol. The van der Waals surface area contributed by atoms with Gasteiger partial charge in [-0.3, -0.25) is 0 Å². The molecule has 8 nitrogen and oxygen atoms in total. The average molecular weight is 666 g/mol. The van der Waals surface area contributed by atoms with Crippen LogP contribution >= 0.6 is 0 Å². The second-order valence-corrected chi connectivity index (χ2v) is 15.9. The molecule has 5 heterocycles. The van der Waals surface area contributed by atoms with Gasteiger partial charge in [-0.05, 0) is 67.0 Å². The highest BCUT2D eigenvalue weighted by Crippen LogP contribution is 2.54. The number of phenols is 1. The van der Waals surface area contributed by atoms with Crippen molar-refractivity contribution in [2.45, 2.75) is 51.6 Å². The predicted molar refractivity (Wildman–Crippen MR) is 185 cm³/mol. The molecule has 3 aromatic carbocycles. The Kier molecular flexibility index (Phi) is 6.94. The Bertz CT molecular complexity index is 2030. The van der Waals surface area contributed by atoms with Crippen LogP contribution in [0.5, 0.6) is 11.8 Å². The van der Waals surface area contributed by atoms with Gasteiger partial charge in [0.2, 0.25) is 0 Å². The minimum absolute atomic E-state index is 0.0163. The van der Waals surface area contributed by atoms with Crippen LogP contribution in [0.25, 0.3) is 32.8 Å². The Morgan fingerprint density at radius 2 is 1.73 bits per heavy atom. The Labute approximate surface area is 284 Å². The second-order valence-electron chi connectivity index (χ2n) is 15.9. The van der Waals surface area contributed by atoms with Crippen LogP contribution in [-0.4, -0.2) is 84.6 Å². The summed E-state index contributed by atoms with van der Waals surface area (Å²) in [7, 11) is 0. The first kappa shape index (κ1) is 31.0. The number of fused-ring (bicyclic) bond motifs is 5. The number of benzene rings is 3. The number of terminal acetylenes is 1. The molecule has 0 spiro atoms. The number of phenolic OH excluding ortho intramolecular Hbond substituents is 1. The molecule has 1 aliphatic carbocycles. The molecule has 1 aromatic heterocycles. The Hall–Kier alpha value is -4.04. The normalized spacial score (nSPS) is 28.7. The highest BCUT2D eigenvalue weighted by molar-refractivity contribution is 6.04. The molecule has 4 aromatic rings. The minimum atomic E-state index is -0.584. The largest absolute Gasteiger partial charge is 0.508 e. The maximum atomic E-state index is 16.3. The molecule has 10 heteroatoms. The van der Waals surface area contributed by atoms with E-state index in [1.54, 1.807) is 6.07 Å². The van der Waals surface area contributed by atoms with Crippen molar-refractivity contribution in [3.05, 3.63) is 53.6 Å². The lowest BCUT2D eigenvalue weighted by Gasteiger charge is -2.34. The van der Waals surface area contributed by atoms with Gasteiger partial charge >= 0.3 is 6.01 Å². The molecule has 49 heavy (non-hydrogen) atoms. The van der Waals surface area contributed by atoms with Gasteiger partial charge in [0.05, 0.1) is 30.9 Å². The lowest BCUT2D eigenvalue weighted by molar-refractivity contribution is 0.112. The fraction of sp³-hybridized carbons (Fsp3) is 0.487. The summed E-state index contributed by atoms with van der Waals surface area (Å²) < 4.78 is 43.6. The fourth-order valence-corrected chi connectivity index (χ4v) is 9.07. The molecule has 4 atom stereocenters. The smallest absolute Gasteiger partial charge is 0.318 e. The van der Waals surface area contributed by atoms with E-state index in [-0.39, 0.29) is 39.1 Å². The van der Waals surface area contributed by atoms with Gasteiger partial charge in [-0.15, -0.1) is 6.42 Å². The van der Waals surface area contributed by atoms with Crippen molar-refractivity contribution in [2.24, 2.45) is 16.2 Å². The summed E-state index contributed by atoms with van der Waals surface area (Å²) in [6, 6.07) is 9.78. The third-order valence-corrected chi connectivity index (χ3v) is 12.2. The molecule has 2 unspecified atom stereocenters. The molecule has 4 aliphatic heterocycles. The highest BCUT2D eigenvalue weighted by atomic mass is 19.1. The van der Waals surface area contributed by atoms with E-state index in [1.165, 1.54) is 30.3 Å². The van der Waals surface area contributed by atoms with Gasteiger partial charge in [0.1, 0.15) is 23.2 Å². The number of piperazine rings is 1. The van der Waals surface area contributed by atoms with Crippen LogP contribution < -0.4 is 15.0 Å². The summed E-state index contributed by atoms with van der Waals surface area (Å²) in [5.74, 6) is 1.88. The van der Waals surface area contributed by atoms with Gasteiger partial charge in [0, 0.05) is 77.4 Å². The number of anilines is 1. The van der Waals surface area contributed by atoms with Crippen LogP contribution in [0.2, 0.25) is 0 Å². The van der Waals surface area contributed by atoms with E-state index in [0.717, 1.165) is 71.6 Å². The summed E-state index contributed by atoms with van der Waals surface area (Å²) in [5.41, 5.74) is 1.37. The molecule has 4 saturated heterocycles. The number of hydrogen-bond donors (Lipinski definition) is 2. The van der Waals surface area contributed by atoms with E-state index in [2.05, 4.69) is 34.9 Å². The zero-order valence-corrected chi connectivity index (χ0v) is 28.0. The van der Waals surface area contributed by atoms with Gasteiger partial charge in [0.15, 0.2) is 0 Å². The number of nitrogens with one attached hydrogen (secondary N) is 1. The van der Waals surface area contributed by atoms with Crippen molar-refractivity contribution in [1.29, 1.82) is 0 Å². The quantitative estimate of drug-likeness (QED) is 0.237. The number of likely N-dealkylation sites (tertiary alicyclic amines) is 1. The van der Waals surface area contributed by atoms with Crippen LogP contribution in [-0.2, 0) is 4.74 Å². The first-order chi connectivity index (χ1) is 23.5. The molecule has 0 amide bonds. The van der Waals surface area contributed by atoms with Crippen LogP contribution in [0, 0.1) is 40.2 Å². The van der Waals surface area contributed by atoms with Crippen molar-refractivity contribution in [3.8, 4) is 35.2 Å². The molecule has 2 bridgehead atoms. The van der Waals surface area contributed by atoms with Gasteiger partial charge in [-0.1, -0.05) is 25.8 Å². The fourth-order valence-electron chi connectivity index (χ4n) is 9.07. The van der Waals surface area contributed by atoms with E-state index in [9.17, 15) is 9.50 Å². The Morgan fingerprint density at radius 3 is 2.43 bits per heavy atom. The number of aromatic hydroxyl groups is 1. The Balaban J connectivity index is 1.09. The standard InChI is InChI=1S/C39H41F2N5O3/c1-4-27-31(40)8-5-23-11-26(47)12-29(34(23)27)28-14-33-30(13-32(28)41)35(46-15-24-6-7-25(16-46)42-24)44-36(43-33)49-22-39(9-10-39)19-45-17-37(2)20-48-21-38(37,3)18-45/h1,5,8,11-14,24-25,42,47H,6-7,9-10,15-22H2,2-3H3/t24?,25?,37-,38-/m0/s1. The summed E-state index contributed by atoms with van der Waals surface area (Å²) in [6.45, 7) is 11.4. The van der Waals surface area contributed by atoms with E-state index < -0.39 is 11.6 Å². The Morgan fingerprint density at radius 1 is 1.00 bits per heavy atom. The number of hydrogen-bond acceptors (Lipinski definition) is 8. The van der Waals surface area contributed by atoms with Crippen molar-refractivity contribution < 1.29 is 23.4 Å². The highest BCUT2D eigenvalue weighted by Gasteiger charge is 2.57. The molecule has 0 radical (unpaired) electrons. The van der Waals surface area contributed by atoms with E-state index in [4.69, 9.17) is 25.9 Å². The molecule has 2 N–H and O–H groups in total. The van der Waals surface area contributed by atoms with Gasteiger partial charge in [-0.25, -0.2) is 8.78 Å². The molecule has 5 aliphatic rings. The van der Waals surface area contributed by atoms with E-state index in [0.29, 0.717) is 51.7 Å². The lowest BCUT2D eigenvalue weighted by atomic mass is 9.71. The molecule has 254 valence electrons. The van der Waals surface area contributed by atoms with Gasteiger partial charge < -0.3 is 29.7 Å². The van der Waals surface area contributed by atoms with Crippen molar-refractivity contribution >= 4 is 27.5 Å². The van der Waals surface area contributed by atoms with Crippen molar-refractivity contribution in [1.82, 2.24) is 20.2 Å². The second kappa shape index (κ2) is 11.0. The molecule has 1 saturated carbocycles. The molecule has 5 fully saturated rings. The third-order valence-electron chi connectivity index (χ3n) is 12.2. The SMILES string of the molecule is C#Cc1c(F)ccc2cc(O)cc(-c3cc4nc(OCC5(CN6C[C@@]7(C)COC[C@]7(C)C6)CC5)nc(N5CC6CCC(C5)N6)c4cc3F)c12. The summed E-state index contributed by atoms with van der Waals surface area (Å²) in [6.07, 6.45) is 10.1. The van der Waals surface area contributed by atoms with E-state index >= 15 is 4.39 Å². The predicted octanol–water partition coefficient (Wildman–Crippen LogP) is 5.87. The van der Waals surface area contributed by atoms with Crippen molar-refractivity contribution in [3.63, 3.8) is 0 Å². The number of ether oxygens (including phenoxy) is 2. The average Bonchev–Trinajstić information content (AvgIpc) is 3.57. The number of rotatable bonds is 7. The van der Waals surface area contributed by atoms with E-state index in [1.807, 2.05) is 0 Å². The zero-order chi connectivity index (χ0) is 33.7. The first-order valence-corrected chi connectivity index (χ1v) is 17.4. The summed E-state index contributed by atoms with van der Waals surface area (Å²) in [5, 5.41) is 15.7. The molecule has 9 rings (SSSR count). The van der Waals surface area contributed by atoms with Crippen LogP contribution in [0.4, 0.5) is 14.6 Å². The zero-order valence-electron chi connectivity index (χ0n) is 28.0. The molecular weight excluding hydrogens is 624 g/mol. The van der Waals surface area contributed by atoms with Crippen LogP contribution in [0.15, 0.2) is 36.4 Å². The number of nitrogens with zero attached hydrogens (tertiary/aromatic N) is 4.